The number of aliphatic hydroxyl groups is 1. The quantitative estimate of drug-likeness (QED) is 0.744. The summed E-state index contributed by atoms with van der Waals surface area (Å²) in [6.07, 6.45) is 0.0531. The van der Waals surface area contributed by atoms with E-state index < -0.39 is 11.6 Å². The zero-order chi connectivity index (χ0) is 15.5. The van der Waals surface area contributed by atoms with E-state index in [0.717, 1.165) is 16.8 Å². The minimum atomic E-state index is -1.97. The molecule has 21 heavy (non-hydrogen) atoms. The molecule has 0 spiro atoms. The van der Waals surface area contributed by atoms with Crippen molar-refractivity contribution in [3.05, 3.63) is 28.6 Å². The molecule has 0 aliphatic carbocycles. The maximum absolute atomic E-state index is 11.7. The van der Waals surface area contributed by atoms with E-state index in [-0.39, 0.29) is 18.9 Å². The van der Waals surface area contributed by atoms with Gasteiger partial charge in [-0.25, -0.2) is 9.78 Å². The summed E-state index contributed by atoms with van der Waals surface area (Å²) in [6.45, 7) is 0.788. The Balaban J connectivity index is 1.90. The third kappa shape index (κ3) is 4.10. The lowest BCUT2D eigenvalue weighted by atomic mass is 10.1. The second-order valence-corrected chi connectivity index (χ2v) is 6.46. The molecule has 2 aromatic heterocycles. The summed E-state index contributed by atoms with van der Waals surface area (Å²) < 4.78 is 0. The molecule has 6 nitrogen and oxygen atoms in total. The predicted octanol–water partition coefficient (Wildman–Crippen LogP) is 1.37. The van der Waals surface area contributed by atoms with Gasteiger partial charge in [-0.2, -0.15) is 0 Å². The molecular weight excluding hydrogens is 312 g/mol. The van der Waals surface area contributed by atoms with Crippen molar-refractivity contribution < 1.29 is 19.8 Å². The van der Waals surface area contributed by atoms with Crippen LogP contribution in [0, 0.1) is 0 Å². The molecule has 112 valence electrons. The van der Waals surface area contributed by atoms with Crippen LogP contribution in [0.4, 0.5) is 0 Å². The largest absolute Gasteiger partial charge is 0.479 e. The third-order valence-corrected chi connectivity index (χ3v) is 4.65. The van der Waals surface area contributed by atoms with Crippen molar-refractivity contribution >= 4 is 34.6 Å². The molecular formula is C13H14N2O4S2. The van der Waals surface area contributed by atoms with Crippen LogP contribution in [0.15, 0.2) is 22.9 Å². The zero-order valence-corrected chi connectivity index (χ0v) is 12.8. The van der Waals surface area contributed by atoms with Crippen molar-refractivity contribution in [3.8, 4) is 9.88 Å². The monoisotopic (exact) mass is 326 g/mol. The Morgan fingerprint density at radius 2 is 2.19 bits per heavy atom. The molecule has 3 N–H and O–H groups in total. The van der Waals surface area contributed by atoms with Gasteiger partial charge in [-0.05, 0) is 18.4 Å². The van der Waals surface area contributed by atoms with Crippen LogP contribution in [0.5, 0.6) is 0 Å². The summed E-state index contributed by atoms with van der Waals surface area (Å²) in [5.74, 6) is -1.75. The third-order valence-electron chi connectivity index (χ3n) is 2.72. The summed E-state index contributed by atoms with van der Waals surface area (Å²) in [5.41, 5.74) is -1.35. The SMILES string of the molecule is CC(O)(CNC(=O)Cc1csc(-c2cccs2)n1)C(=O)O. The number of carboxylic acid groups (broad SMARTS) is 1. The van der Waals surface area contributed by atoms with Gasteiger partial charge in [0.15, 0.2) is 5.60 Å². The van der Waals surface area contributed by atoms with Crippen molar-refractivity contribution in [1.82, 2.24) is 10.3 Å². The van der Waals surface area contributed by atoms with E-state index in [1.54, 1.807) is 16.7 Å². The number of aromatic nitrogens is 1. The number of aliphatic carboxylic acids is 1. The van der Waals surface area contributed by atoms with Gasteiger partial charge in [-0.15, -0.1) is 22.7 Å². The molecule has 0 aromatic carbocycles. The smallest absolute Gasteiger partial charge is 0.337 e. The first-order chi connectivity index (χ1) is 9.88. The molecule has 0 radical (unpaired) electrons. The number of nitrogens with zero attached hydrogens (tertiary/aromatic N) is 1. The van der Waals surface area contributed by atoms with E-state index in [2.05, 4.69) is 10.3 Å². The van der Waals surface area contributed by atoms with Crippen molar-refractivity contribution in [3.63, 3.8) is 0 Å². The average Bonchev–Trinajstić information content (AvgIpc) is 3.06. The summed E-state index contributed by atoms with van der Waals surface area (Å²) >= 11 is 3.03. The number of carbonyl (C=O) groups is 2. The number of carboxylic acids is 1. The Labute approximate surface area is 129 Å². The van der Waals surface area contributed by atoms with E-state index in [0.29, 0.717) is 5.69 Å². The Bertz CT molecular complexity index is 634. The summed E-state index contributed by atoms with van der Waals surface area (Å²) in [4.78, 5) is 27.8. The molecule has 0 saturated carbocycles. The Morgan fingerprint density at radius 3 is 2.81 bits per heavy atom. The van der Waals surface area contributed by atoms with Crippen LogP contribution in [0.2, 0.25) is 0 Å². The van der Waals surface area contributed by atoms with Crippen LogP contribution in [-0.4, -0.2) is 39.2 Å². The van der Waals surface area contributed by atoms with Crippen LogP contribution in [0.1, 0.15) is 12.6 Å². The second-order valence-electron chi connectivity index (χ2n) is 4.65. The van der Waals surface area contributed by atoms with Crippen LogP contribution in [0.3, 0.4) is 0 Å². The fraction of sp³-hybridized carbons (Fsp3) is 0.308. The van der Waals surface area contributed by atoms with Gasteiger partial charge < -0.3 is 15.5 Å². The van der Waals surface area contributed by atoms with Crippen LogP contribution in [0.25, 0.3) is 9.88 Å². The molecule has 1 amide bonds. The highest BCUT2D eigenvalue weighted by Crippen LogP contribution is 2.27. The van der Waals surface area contributed by atoms with E-state index in [9.17, 15) is 14.7 Å². The highest BCUT2D eigenvalue weighted by Gasteiger charge is 2.30. The molecule has 2 rings (SSSR count). The molecule has 0 aliphatic heterocycles. The van der Waals surface area contributed by atoms with Gasteiger partial charge in [0, 0.05) is 5.38 Å². The fourth-order valence-electron chi connectivity index (χ4n) is 1.47. The zero-order valence-electron chi connectivity index (χ0n) is 11.2. The van der Waals surface area contributed by atoms with Gasteiger partial charge >= 0.3 is 5.97 Å². The molecule has 0 aliphatic rings. The number of rotatable bonds is 6. The number of amides is 1. The molecule has 1 atom stereocenters. The predicted molar refractivity (Wildman–Crippen MR) is 80.4 cm³/mol. The molecule has 8 heteroatoms. The van der Waals surface area contributed by atoms with Crippen molar-refractivity contribution in [2.24, 2.45) is 0 Å². The molecule has 2 heterocycles. The van der Waals surface area contributed by atoms with Gasteiger partial charge in [0.05, 0.1) is 23.5 Å². The number of thiophene rings is 1. The van der Waals surface area contributed by atoms with E-state index >= 15 is 0 Å². The highest BCUT2D eigenvalue weighted by atomic mass is 32.1. The Morgan fingerprint density at radius 1 is 1.43 bits per heavy atom. The van der Waals surface area contributed by atoms with Crippen molar-refractivity contribution in [1.29, 1.82) is 0 Å². The molecule has 0 saturated heterocycles. The summed E-state index contributed by atoms with van der Waals surface area (Å²) in [5, 5.41) is 25.2. The lowest BCUT2D eigenvalue weighted by Crippen LogP contribution is -2.46. The van der Waals surface area contributed by atoms with Crippen LogP contribution >= 0.6 is 22.7 Å². The number of hydrogen-bond acceptors (Lipinski definition) is 6. The maximum Gasteiger partial charge on any atom is 0.337 e. The first-order valence-corrected chi connectivity index (χ1v) is 7.85. The van der Waals surface area contributed by atoms with Gasteiger partial charge in [0.1, 0.15) is 5.01 Å². The van der Waals surface area contributed by atoms with Crippen LogP contribution in [-0.2, 0) is 16.0 Å². The number of hydrogen-bond donors (Lipinski definition) is 3. The lowest BCUT2D eigenvalue weighted by Gasteiger charge is -2.17. The van der Waals surface area contributed by atoms with E-state index in [1.807, 2.05) is 17.5 Å². The van der Waals surface area contributed by atoms with Gasteiger partial charge in [0.2, 0.25) is 5.91 Å². The Hall–Kier alpha value is -1.77. The number of thiazole rings is 1. The van der Waals surface area contributed by atoms with Gasteiger partial charge in [-0.3, -0.25) is 4.79 Å². The average molecular weight is 326 g/mol. The standard InChI is InChI=1S/C13H14N2O4S2/c1-13(19,12(17)18)7-14-10(16)5-8-6-21-11(15-8)9-3-2-4-20-9/h2-4,6,19H,5,7H2,1H3,(H,14,16)(H,17,18). The topological polar surface area (TPSA) is 99.5 Å². The summed E-state index contributed by atoms with van der Waals surface area (Å²) in [6, 6.07) is 3.89. The normalized spacial score (nSPS) is 13.6. The van der Waals surface area contributed by atoms with E-state index in [1.165, 1.54) is 11.3 Å². The van der Waals surface area contributed by atoms with Crippen molar-refractivity contribution in [2.75, 3.05) is 6.54 Å². The van der Waals surface area contributed by atoms with Gasteiger partial charge in [0.25, 0.3) is 0 Å². The minimum absolute atomic E-state index is 0.0531. The molecule has 0 bridgehead atoms. The number of nitrogens with one attached hydrogen (secondary N) is 1. The van der Waals surface area contributed by atoms with Crippen LogP contribution < -0.4 is 5.32 Å². The minimum Gasteiger partial charge on any atom is -0.479 e. The first kappa shape index (κ1) is 15.6. The molecule has 2 aromatic rings. The second kappa shape index (κ2) is 6.33. The summed E-state index contributed by atoms with van der Waals surface area (Å²) in [7, 11) is 0. The first-order valence-electron chi connectivity index (χ1n) is 6.09. The molecule has 1 unspecified atom stereocenters. The fourth-order valence-corrected chi connectivity index (χ4v) is 3.11. The molecule has 0 fully saturated rings. The number of carbonyl (C=O) groups excluding carboxylic acids is 1. The Kier molecular flexibility index (Phi) is 4.71. The maximum atomic E-state index is 11.7. The van der Waals surface area contributed by atoms with Gasteiger partial charge in [-0.1, -0.05) is 6.07 Å². The van der Waals surface area contributed by atoms with E-state index in [4.69, 9.17) is 5.11 Å². The lowest BCUT2D eigenvalue weighted by molar-refractivity contribution is -0.156. The highest BCUT2D eigenvalue weighted by molar-refractivity contribution is 7.20. The van der Waals surface area contributed by atoms with Crippen molar-refractivity contribution in [2.45, 2.75) is 18.9 Å².